The van der Waals surface area contributed by atoms with Gasteiger partial charge in [0.1, 0.15) is 0 Å². The molecule has 0 aliphatic carbocycles. The van der Waals surface area contributed by atoms with Gasteiger partial charge in [0, 0.05) is 38.2 Å². The standard InChI is InChI=1S/C57H37N5/c1-4-18-38(19-5-1)41-24-16-26-43(34-41)55-58-56(44-27-17-25-42(35-44)39-20-6-2-7-21-39)60-57(59-55)62-52-33-15-12-30-47(52)49-36-48-46-29-11-14-32-51(46)61(53(48)37-54(49)62)50-31-13-10-28-45(50)40-22-8-3-9-23-40/h1-37H. The Hall–Kier alpha value is -8.41. The molecule has 9 aromatic carbocycles. The summed E-state index contributed by atoms with van der Waals surface area (Å²) in [6.45, 7) is 0. The molecule has 0 aliphatic heterocycles. The minimum atomic E-state index is 0.554. The van der Waals surface area contributed by atoms with Crippen LogP contribution in [0, 0.1) is 0 Å². The normalized spacial score (nSPS) is 11.5. The number of rotatable bonds is 7. The first-order chi connectivity index (χ1) is 30.7. The highest BCUT2D eigenvalue weighted by atomic mass is 15.2. The third-order valence-electron chi connectivity index (χ3n) is 12.0. The second-order valence-corrected chi connectivity index (χ2v) is 15.7. The molecule has 3 heterocycles. The monoisotopic (exact) mass is 791 g/mol. The van der Waals surface area contributed by atoms with E-state index in [0.29, 0.717) is 17.6 Å². The van der Waals surface area contributed by atoms with Gasteiger partial charge >= 0.3 is 0 Å². The lowest BCUT2D eigenvalue weighted by Crippen LogP contribution is -2.06. The van der Waals surface area contributed by atoms with Crippen LogP contribution in [0.4, 0.5) is 0 Å². The highest BCUT2D eigenvalue weighted by Gasteiger charge is 2.22. The molecule has 0 N–H and O–H groups in total. The van der Waals surface area contributed by atoms with Crippen molar-refractivity contribution in [3.8, 4) is 67.8 Å². The van der Waals surface area contributed by atoms with E-state index in [-0.39, 0.29) is 0 Å². The van der Waals surface area contributed by atoms with E-state index in [4.69, 9.17) is 15.0 Å². The smallest absolute Gasteiger partial charge is 0.238 e. The molecule has 290 valence electrons. The van der Waals surface area contributed by atoms with Gasteiger partial charge in [-0.25, -0.2) is 4.98 Å². The third kappa shape index (κ3) is 5.98. The maximum Gasteiger partial charge on any atom is 0.238 e. The van der Waals surface area contributed by atoms with Gasteiger partial charge in [0.15, 0.2) is 11.6 Å². The first-order valence-electron chi connectivity index (χ1n) is 20.9. The molecule has 62 heavy (non-hydrogen) atoms. The summed E-state index contributed by atoms with van der Waals surface area (Å²) in [5, 5.41) is 4.65. The summed E-state index contributed by atoms with van der Waals surface area (Å²) in [4.78, 5) is 16.0. The van der Waals surface area contributed by atoms with Crippen LogP contribution < -0.4 is 0 Å². The van der Waals surface area contributed by atoms with Crippen LogP contribution in [0.2, 0.25) is 0 Å². The Morgan fingerprint density at radius 3 is 1.27 bits per heavy atom. The van der Waals surface area contributed by atoms with Gasteiger partial charge in [0.25, 0.3) is 0 Å². The molecule has 0 unspecified atom stereocenters. The number of aromatic nitrogens is 5. The summed E-state index contributed by atoms with van der Waals surface area (Å²) in [5.74, 6) is 1.76. The summed E-state index contributed by atoms with van der Waals surface area (Å²) >= 11 is 0. The molecule has 0 aliphatic rings. The van der Waals surface area contributed by atoms with Gasteiger partial charge in [-0.1, -0.05) is 182 Å². The Labute approximate surface area is 358 Å². The summed E-state index contributed by atoms with van der Waals surface area (Å²) in [6, 6.07) is 79.2. The van der Waals surface area contributed by atoms with Crippen molar-refractivity contribution >= 4 is 43.6 Å². The molecule has 0 atom stereocenters. The highest BCUT2D eigenvalue weighted by molar-refractivity contribution is 6.19. The first kappa shape index (κ1) is 35.5. The van der Waals surface area contributed by atoms with Gasteiger partial charge in [-0.3, -0.25) is 4.57 Å². The number of hydrogen-bond acceptors (Lipinski definition) is 3. The molecule has 12 aromatic rings. The van der Waals surface area contributed by atoms with Crippen molar-refractivity contribution in [1.82, 2.24) is 24.1 Å². The van der Waals surface area contributed by atoms with E-state index in [2.05, 4.69) is 221 Å². The Morgan fingerprint density at radius 1 is 0.258 bits per heavy atom. The number of para-hydroxylation sites is 3. The van der Waals surface area contributed by atoms with Crippen LogP contribution >= 0.6 is 0 Å². The largest absolute Gasteiger partial charge is 0.309 e. The van der Waals surface area contributed by atoms with E-state index in [9.17, 15) is 0 Å². The van der Waals surface area contributed by atoms with Crippen molar-refractivity contribution in [2.24, 2.45) is 0 Å². The average Bonchev–Trinajstić information content (AvgIpc) is 3.86. The number of nitrogens with zero attached hydrogens (tertiary/aromatic N) is 5. The van der Waals surface area contributed by atoms with Gasteiger partial charge in [-0.2, -0.15) is 9.97 Å². The molecule has 0 amide bonds. The van der Waals surface area contributed by atoms with Crippen molar-refractivity contribution in [2.45, 2.75) is 0 Å². The molecule has 5 nitrogen and oxygen atoms in total. The van der Waals surface area contributed by atoms with Crippen LogP contribution in [0.5, 0.6) is 0 Å². The Morgan fingerprint density at radius 2 is 0.694 bits per heavy atom. The van der Waals surface area contributed by atoms with Crippen LogP contribution in [0.25, 0.3) is 111 Å². The lowest BCUT2D eigenvalue weighted by atomic mass is 10.0. The molecular formula is C57H37N5. The molecule has 3 aromatic heterocycles. The fourth-order valence-corrected chi connectivity index (χ4v) is 9.10. The quantitative estimate of drug-likeness (QED) is 0.162. The van der Waals surface area contributed by atoms with Crippen LogP contribution in [0.1, 0.15) is 0 Å². The molecule has 0 fully saturated rings. The first-order valence-corrected chi connectivity index (χ1v) is 20.9. The minimum absolute atomic E-state index is 0.554. The Bertz CT molecular complexity index is 3520. The van der Waals surface area contributed by atoms with Gasteiger partial charge in [-0.15, -0.1) is 0 Å². The van der Waals surface area contributed by atoms with E-state index >= 15 is 0 Å². The zero-order valence-electron chi connectivity index (χ0n) is 33.6. The third-order valence-corrected chi connectivity index (χ3v) is 12.0. The molecule has 0 radical (unpaired) electrons. The lowest BCUT2D eigenvalue weighted by Gasteiger charge is -2.14. The predicted molar refractivity (Wildman–Crippen MR) is 256 cm³/mol. The second kappa shape index (κ2) is 14.7. The van der Waals surface area contributed by atoms with Crippen molar-refractivity contribution in [1.29, 1.82) is 0 Å². The minimum Gasteiger partial charge on any atom is -0.309 e. The molecule has 5 heteroatoms. The maximum absolute atomic E-state index is 5.38. The fourth-order valence-electron chi connectivity index (χ4n) is 9.10. The van der Waals surface area contributed by atoms with Crippen molar-refractivity contribution in [2.75, 3.05) is 0 Å². The van der Waals surface area contributed by atoms with Crippen LogP contribution in [0.3, 0.4) is 0 Å². The van der Waals surface area contributed by atoms with Gasteiger partial charge < -0.3 is 4.57 Å². The summed E-state index contributed by atoms with van der Waals surface area (Å²) in [7, 11) is 0. The van der Waals surface area contributed by atoms with E-state index in [1.807, 2.05) is 12.1 Å². The number of fused-ring (bicyclic) bond motifs is 6. The molecule has 12 rings (SSSR count). The molecule has 0 saturated heterocycles. The Balaban J connectivity index is 1.14. The van der Waals surface area contributed by atoms with Crippen LogP contribution in [-0.2, 0) is 0 Å². The SMILES string of the molecule is c1ccc(-c2cccc(-c3nc(-c4cccc(-c5ccccc5)c4)nc(-n4c5ccccc5c5cc6c7ccccc7n(-c7ccccc7-c7ccccc7)c6cc54)n3)c2)cc1. The van der Waals surface area contributed by atoms with E-state index in [1.54, 1.807) is 0 Å². The van der Waals surface area contributed by atoms with Gasteiger partial charge in [-0.05, 0) is 70.3 Å². The zero-order chi connectivity index (χ0) is 41.0. The summed E-state index contributed by atoms with van der Waals surface area (Å²) in [5.41, 5.74) is 14.0. The Kier molecular flexibility index (Phi) is 8.42. The van der Waals surface area contributed by atoms with Crippen LogP contribution in [0.15, 0.2) is 224 Å². The highest BCUT2D eigenvalue weighted by Crippen LogP contribution is 2.41. The fraction of sp³-hybridized carbons (Fsp3) is 0. The summed E-state index contributed by atoms with van der Waals surface area (Å²) < 4.78 is 4.65. The van der Waals surface area contributed by atoms with Crippen LogP contribution in [-0.4, -0.2) is 24.1 Å². The second-order valence-electron chi connectivity index (χ2n) is 15.7. The van der Waals surface area contributed by atoms with E-state index in [1.165, 1.54) is 21.9 Å². The molecular weight excluding hydrogens is 755 g/mol. The summed E-state index contributed by atoms with van der Waals surface area (Å²) in [6.07, 6.45) is 0. The van der Waals surface area contributed by atoms with Gasteiger partial charge in [0.2, 0.25) is 5.95 Å². The van der Waals surface area contributed by atoms with Gasteiger partial charge in [0.05, 0.1) is 27.8 Å². The van der Waals surface area contributed by atoms with Crippen molar-refractivity contribution in [3.63, 3.8) is 0 Å². The van der Waals surface area contributed by atoms with Crippen molar-refractivity contribution < 1.29 is 0 Å². The predicted octanol–water partition coefficient (Wildman–Crippen LogP) is 14.4. The molecule has 0 saturated carbocycles. The average molecular weight is 792 g/mol. The van der Waals surface area contributed by atoms with E-state index < -0.39 is 0 Å². The number of benzene rings is 9. The van der Waals surface area contributed by atoms with Crippen molar-refractivity contribution in [3.05, 3.63) is 224 Å². The topological polar surface area (TPSA) is 48.5 Å². The zero-order valence-corrected chi connectivity index (χ0v) is 33.6. The maximum atomic E-state index is 5.38. The molecule has 0 spiro atoms. The lowest BCUT2D eigenvalue weighted by molar-refractivity contribution is 0.953. The van der Waals surface area contributed by atoms with E-state index in [0.717, 1.165) is 71.9 Å². The number of hydrogen-bond donors (Lipinski definition) is 0. The molecule has 0 bridgehead atoms.